The van der Waals surface area contributed by atoms with Crippen LogP contribution in [0.5, 0.6) is 0 Å². The van der Waals surface area contributed by atoms with Crippen LogP contribution in [0, 0.1) is 0 Å². The van der Waals surface area contributed by atoms with E-state index < -0.39 is 5.76 Å². The van der Waals surface area contributed by atoms with Crippen molar-refractivity contribution in [2.45, 2.75) is 133 Å². The molecule has 0 unspecified atom stereocenters. The van der Waals surface area contributed by atoms with Crippen LogP contribution in [0.25, 0.3) is 22.6 Å². The molecule has 37 nitrogen and oxygen atoms in total. The van der Waals surface area contributed by atoms with Gasteiger partial charge in [0.1, 0.15) is 12.1 Å². The number of piperidine rings is 1. The number of Topliss-reactive ketones (excluding diaryl/α,β-unsaturated/α-hetero) is 1. The Balaban J connectivity index is 0.000000109. The van der Waals surface area contributed by atoms with Crippen molar-refractivity contribution in [2.24, 2.45) is 20.5 Å². The molecule has 4 aliphatic carbocycles. The number of fused-ring (bicyclic) bond motifs is 6. The van der Waals surface area contributed by atoms with Gasteiger partial charge in [-0.15, -0.1) is 10.2 Å². The number of carbonyl (C=O) groups excluding carboxylic acids is 4. The molecule has 3 amide bonds. The fraction of sp³-hybridized carbons (Fsp3) is 0.410. The molecular weight excluding hydrogens is 1730 g/mol. The van der Waals surface area contributed by atoms with E-state index in [2.05, 4.69) is 234 Å². The van der Waals surface area contributed by atoms with Crippen LogP contribution in [0.3, 0.4) is 0 Å². The molecule has 7 aromatic heterocycles. The van der Waals surface area contributed by atoms with Gasteiger partial charge in [-0.2, -0.15) is 35.9 Å². The van der Waals surface area contributed by atoms with Gasteiger partial charge in [-0.25, -0.2) is 44.7 Å². The number of benzene rings is 5. The Labute approximate surface area is 791 Å². The molecule has 37 heteroatoms. The summed E-state index contributed by atoms with van der Waals surface area (Å²) in [4.78, 5) is 118. The van der Waals surface area contributed by atoms with E-state index in [1.165, 1.54) is 61.2 Å². The zero-order valence-electron chi connectivity index (χ0n) is 76.5. The number of aromatic nitrogens is 14. The Hall–Kier alpha value is -14.6. The van der Waals surface area contributed by atoms with Gasteiger partial charge in [0.05, 0.1) is 117 Å². The third kappa shape index (κ3) is 21.7. The number of ketones is 1. The van der Waals surface area contributed by atoms with Gasteiger partial charge in [0.2, 0.25) is 47.4 Å². The van der Waals surface area contributed by atoms with Crippen molar-refractivity contribution < 1.29 is 28.0 Å². The second kappa shape index (κ2) is 40.9. The van der Waals surface area contributed by atoms with E-state index >= 15 is 0 Å². The normalized spacial score (nSPS) is 18.4. The summed E-state index contributed by atoms with van der Waals surface area (Å²) in [6, 6.07) is 41.0. The predicted molar refractivity (Wildman–Crippen MR) is 513 cm³/mol. The maximum Gasteiger partial charge on any atom is 0.417 e. The first-order valence-electron chi connectivity index (χ1n) is 47.9. The minimum Gasteiger partial charge on any atom is -0.420 e. The third-order valence-corrected chi connectivity index (χ3v) is 28.2. The molecule has 15 heterocycles. The van der Waals surface area contributed by atoms with Crippen molar-refractivity contribution >= 4 is 69.8 Å². The zero-order valence-corrected chi connectivity index (χ0v) is 76.5. The minimum atomic E-state index is -0.484. The van der Waals surface area contributed by atoms with Crippen LogP contribution in [0.15, 0.2) is 221 Å². The summed E-state index contributed by atoms with van der Waals surface area (Å²) in [5.41, 5.74) is 23.4. The van der Waals surface area contributed by atoms with Crippen LogP contribution in [0.1, 0.15) is 105 Å². The molecule has 12 aromatic rings. The summed E-state index contributed by atoms with van der Waals surface area (Å²) in [6.07, 6.45) is 27.7. The average molecular weight is 1840 g/mol. The van der Waals surface area contributed by atoms with Crippen LogP contribution in [-0.2, 0) is 96.4 Å². The number of nitrogens with one attached hydrogen (secondary N) is 6. The minimum absolute atomic E-state index is 0.0307. The number of oxazole rings is 1. The highest BCUT2D eigenvalue weighted by atomic mass is 16.4. The van der Waals surface area contributed by atoms with E-state index in [0.29, 0.717) is 123 Å². The van der Waals surface area contributed by atoms with Gasteiger partial charge in [-0.05, 0) is 175 Å². The summed E-state index contributed by atoms with van der Waals surface area (Å²) >= 11 is 0. The molecule has 0 atom stereocenters. The largest absolute Gasteiger partial charge is 0.420 e. The lowest BCUT2D eigenvalue weighted by molar-refractivity contribution is -0.133. The lowest BCUT2D eigenvalue weighted by Crippen LogP contribution is -2.50. The van der Waals surface area contributed by atoms with E-state index in [1.54, 1.807) is 29.4 Å². The number of azo groups is 2. The molecule has 3 saturated heterocycles. The molecular formula is C100H110N30O7. The number of piperazine rings is 2. The first-order chi connectivity index (χ1) is 67.2. The first-order valence-corrected chi connectivity index (χ1v) is 47.9. The summed E-state index contributed by atoms with van der Waals surface area (Å²) in [7, 11) is 0. The molecule has 0 saturated carbocycles. The molecule has 5 aromatic carbocycles. The number of aromatic amines is 2. The number of H-pyrrole nitrogens is 2. The molecule has 6 N–H and O–H groups in total. The topological polar surface area (TPSA) is 421 Å². The standard InChI is InChI=1S/C27H28N6O3.C26H31N7O.C25H30N8O.C22H21N9O2/c34-23(11-18-5-6-24-25(12-18)36-27(35)31-24)17-32-7-9-33(10-8-32)22-15-28-26(29-16-22)30-21-13-19-3-1-2-4-20(19)14-21;34-25(33-10-7-21-15-29-31-24(21)16-33)17-32-8-5-18(6-9-32)22-13-27-26(28-14-22)30-23-11-19-3-1-2-4-20(19)12-23;34-24(33-6-5-20-13-28-30-23(20)16-33)17-31-7-9-32(10-8-31)22-14-26-25(27-15-22)29-21-11-18-3-1-2-4-19(18)12-21;32-20(31-6-5-17-18(12-31)27-30-26-17)9-19-28-29-21(33-19)15-10-23-22(24-11-15)25-16-7-13-3-1-2-4-14(13)8-16/h1-6,12,15-16,21H,7-11,13-14,17H2,(H,31,35)(H,28,29,30);1-4,13-14,18,23H,5-12,15-17H2,(H,27,28,30);1-4,14-15,21H,5-13,16-17H2,(H,26,27,29);1-4,10-11,16H,5-9,12H2,(H,23,24,25)(H,26,27,30). The maximum atomic E-state index is 12.8. The van der Waals surface area contributed by atoms with Gasteiger partial charge < -0.3 is 54.6 Å². The molecule has 24 rings (SSSR count). The number of anilines is 6. The number of nitrogens with zero attached hydrogens (tertiary/aromatic N) is 24. The van der Waals surface area contributed by atoms with E-state index in [4.69, 9.17) is 8.83 Å². The van der Waals surface area contributed by atoms with Crippen molar-refractivity contribution in [3.63, 3.8) is 0 Å². The van der Waals surface area contributed by atoms with Gasteiger partial charge in [0, 0.05) is 134 Å². The van der Waals surface area contributed by atoms with Gasteiger partial charge in [0.25, 0.3) is 5.89 Å². The Kier molecular flexibility index (Phi) is 26.6. The SMILES string of the molecule is O=C(CN1CCC(c2cnc(NC3Cc4ccccc4C3)nc2)CC1)N1CCC2=C(C1)N=NC2.O=C(CN1CCN(c2cnc(NC3Cc4ccccc4C3)nc2)CC1)N1CCC2=C(C1)N=NC2.O=C(Cc1ccc2[nH]c(=O)oc2c1)CN1CCN(c2cnc(NC3Cc4ccccc4C3)nc2)CC1.O=C(Cc1nnc(-c2cnc(NC3Cc4ccccc4C3)nc2)o1)N1CCc2n[nH]nc2C1. The molecule has 0 bridgehead atoms. The molecule has 0 spiro atoms. The van der Waals surface area contributed by atoms with Crippen molar-refractivity contribution in [1.29, 1.82) is 0 Å². The van der Waals surface area contributed by atoms with Gasteiger partial charge in [0.15, 0.2) is 11.4 Å². The predicted octanol–water partition coefficient (Wildman–Crippen LogP) is 9.09. The zero-order chi connectivity index (χ0) is 92.5. The van der Waals surface area contributed by atoms with Crippen LogP contribution in [0.2, 0.25) is 0 Å². The smallest absolute Gasteiger partial charge is 0.417 e. The summed E-state index contributed by atoms with van der Waals surface area (Å²) in [6.45, 7) is 15.2. The van der Waals surface area contributed by atoms with Gasteiger partial charge in [-0.3, -0.25) is 38.9 Å². The number of likely N-dealkylation sites (tertiary alicyclic amines) is 1. The van der Waals surface area contributed by atoms with Crippen LogP contribution >= 0.6 is 0 Å². The lowest BCUT2D eigenvalue weighted by atomic mass is 9.91. The number of amides is 3. The van der Waals surface area contributed by atoms with Crippen molar-refractivity contribution in [2.75, 3.05) is 162 Å². The molecule has 8 aliphatic heterocycles. The average Bonchev–Trinajstić information content (AvgIpc) is 1.80. The van der Waals surface area contributed by atoms with E-state index in [-0.39, 0.29) is 47.7 Å². The number of rotatable bonds is 22. The Morgan fingerprint density at radius 2 is 0.825 bits per heavy atom. The molecule has 137 heavy (non-hydrogen) atoms. The highest BCUT2D eigenvalue weighted by Gasteiger charge is 2.34. The second-order valence-corrected chi connectivity index (χ2v) is 37.4. The van der Waals surface area contributed by atoms with Gasteiger partial charge >= 0.3 is 5.76 Å². The molecule has 12 aliphatic rings. The maximum absolute atomic E-state index is 12.8. The van der Waals surface area contributed by atoms with E-state index in [1.807, 2.05) is 53.0 Å². The first kappa shape index (κ1) is 89.0. The number of hydrogen-bond acceptors (Lipinski definition) is 32. The monoisotopic (exact) mass is 1840 g/mol. The van der Waals surface area contributed by atoms with E-state index in [0.717, 1.165) is 208 Å². The second-order valence-electron chi connectivity index (χ2n) is 37.4. The van der Waals surface area contributed by atoms with Crippen molar-refractivity contribution in [3.05, 3.63) is 271 Å². The molecule has 0 radical (unpaired) electrons. The highest BCUT2D eigenvalue weighted by molar-refractivity contribution is 5.84. The molecule has 3 fully saturated rings. The Bertz CT molecular complexity index is 6250. The van der Waals surface area contributed by atoms with Crippen LogP contribution in [0.4, 0.5) is 35.2 Å². The Morgan fingerprint density at radius 1 is 0.409 bits per heavy atom. The summed E-state index contributed by atoms with van der Waals surface area (Å²) < 4.78 is 10.8. The van der Waals surface area contributed by atoms with Crippen molar-refractivity contribution in [1.82, 2.24) is 99.9 Å². The van der Waals surface area contributed by atoms with Crippen LogP contribution < -0.4 is 36.8 Å². The van der Waals surface area contributed by atoms with E-state index in [9.17, 15) is 24.0 Å². The summed E-state index contributed by atoms with van der Waals surface area (Å²) in [5.74, 6) is 3.60. The quantitative estimate of drug-likeness (QED) is 0.0368. The van der Waals surface area contributed by atoms with Crippen molar-refractivity contribution in [3.8, 4) is 11.5 Å². The number of hydrogen-bond donors (Lipinski definition) is 6. The molecule has 702 valence electrons. The van der Waals surface area contributed by atoms with Gasteiger partial charge in [-0.1, -0.05) is 103 Å². The fourth-order valence-electron chi connectivity index (χ4n) is 20.5. The Morgan fingerprint density at radius 3 is 1.29 bits per heavy atom. The summed E-state index contributed by atoms with van der Waals surface area (Å²) in [5, 5.41) is 49.3. The number of carbonyl (C=O) groups is 4. The van der Waals surface area contributed by atoms with Crippen LogP contribution in [-0.4, -0.2) is 278 Å². The third-order valence-electron chi connectivity index (χ3n) is 28.2. The highest BCUT2D eigenvalue weighted by Crippen LogP contribution is 2.34. The fourth-order valence-corrected chi connectivity index (χ4v) is 20.5. The lowest BCUT2D eigenvalue weighted by Gasteiger charge is -2.36.